The van der Waals surface area contributed by atoms with E-state index in [1.54, 1.807) is 19.1 Å². The molecule has 9 heteroatoms. The van der Waals surface area contributed by atoms with E-state index in [0.29, 0.717) is 16.5 Å². The van der Waals surface area contributed by atoms with Gasteiger partial charge in [0.1, 0.15) is 5.75 Å². The summed E-state index contributed by atoms with van der Waals surface area (Å²) in [5.41, 5.74) is 1.17. The predicted octanol–water partition coefficient (Wildman–Crippen LogP) is 2.09. The molecule has 136 valence electrons. The molecular weight excluding hydrogens is 370 g/mol. The minimum atomic E-state index is -3.22. The molecule has 1 unspecified atom stereocenters. The highest BCUT2D eigenvalue weighted by atomic mass is 35.5. The van der Waals surface area contributed by atoms with Gasteiger partial charge < -0.3 is 14.8 Å². The van der Waals surface area contributed by atoms with E-state index >= 15 is 0 Å². The molecule has 1 N–H and O–H groups in total. The third-order valence-corrected chi connectivity index (χ3v) is 5.42. The number of halogens is 1. The SMILES string of the molecule is COc1cc(Cl)c(C)cc1NC(=O)COC(=O)CC1C=CS(=O)(=O)C1. The molecule has 1 aliphatic rings. The van der Waals surface area contributed by atoms with Crippen molar-refractivity contribution < 1.29 is 27.5 Å². The van der Waals surface area contributed by atoms with Crippen LogP contribution < -0.4 is 10.1 Å². The van der Waals surface area contributed by atoms with Crippen molar-refractivity contribution in [3.8, 4) is 5.75 Å². The van der Waals surface area contributed by atoms with E-state index in [0.717, 1.165) is 11.0 Å². The second-order valence-electron chi connectivity index (χ2n) is 5.63. The number of hydrogen-bond donors (Lipinski definition) is 1. The third kappa shape index (κ3) is 5.47. The number of esters is 1. The lowest BCUT2D eigenvalue weighted by atomic mass is 10.1. The van der Waals surface area contributed by atoms with E-state index in [2.05, 4.69) is 5.32 Å². The van der Waals surface area contributed by atoms with Crippen LogP contribution in [0.1, 0.15) is 12.0 Å². The number of sulfone groups is 1. The topological polar surface area (TPSA) is 98.8 Å². The number of carbonyl (C=O) groups excluding carboxylic acids is 2. The van der Waals surface area contributed by atoms with Crippen LogP contribution >= 0.6 is 11.6 Å². The zero-order valence-corrected chi connectivity index (χ0v) is 15.3. The summed E-state index contributed by atoms with van der Waals surface area (Å²) in [6.45, 7) is 1.30. The van der Waals surface area contributed by atoms with Gasteiger partial charge in [0.15, 0.2) is 16.4 Å². The lowest BCUT2D eigenvalue weighted by Gasteiger charge is -2.12. The van der Waals surface area contributed by atoms with Crippen molar-refractivity contribution in [3.05, 3.63) is 34.2 Å². The van der Waals surface area contributed by atoms with Crippen LogP contribution in [0.5, 0.6) is 5.75 Å². The van der Waals surface area contributed by atoms with E-state index in [4.69, 9.17) is 21.1 Å². The normalized spacial score (nSPS) is 18.0. The molecule has 0 aromatic heterocycles. The minimum absolute atomic E-state index is 0.0909. The van der Waals surface area contributed by atoms with Crippen LogP contribution in [0.4, 0.5) is 5.69 Å². The number of rotatable bonds is 6. The van der Waals surface area contributed by atoms with Crippen LogP contribution in [0.3, 0.4) is 0 Å². The van der Waals surface area contributed by atoms with Gasteiger partial charge in [-0.1, -0.05) is 17.7 Å². The van der Waals surface area contributed by atoms with Crippen molar-refractivity contribution >= 4 is 39.0 Å². The third-order valence-electron chi connectivity index (χ3n) is 3.55. The molecule has 0 aliphatic carbocycles. The summed E-state index contributed by atoms with van der Waals surface area (Å²) in [6, 6.07) is 3.22. The van der Waals surface area contributed by atoms with Gasteiger partial charge in [0.2, 0.25) is 0 Å². The molecular formula is C16H18ClNO6S. The Bertz CT molecular complexity index is 818. The Morgan fingerprint density at radius 1 is 1.36 bits per heavy atom. The molecule has 25 heavy (non-hydrogen) atoms. The number of carbonyl (C=O) groups is 2. The van der Waals surface area contributed by atoms with Crippen molar-refractivity contribution in [1.82, 2.24) is 0 Å². The van der Waals surface area contributed by atoms with Crippen molar-refractivity contribution in [1.29, 1.82) is 0 Å². The molecule has 0 saturated carbocycles. The van der Waals surface area contributed by atoms with Crippen LogP contribution in [-0.2, 0) is 24.2 Å². The molecule has 0 bridgehead atoms. The number of allylic oxidation sites excluding steroid dienone is 1. The zero-order chi connectivity index (χ0) is 18.6. The summed E-state index contributed by atoms with van der Waals surface area (Å²) in [5, 5.41) is 4.17. The molecule has 1 aromatic carbocycles. The van der Waals surface area contributed by atoms with Crippen molar-refractivity contribution in [2.75, 3.05) is 24.8 Å². The highest BCUT2D eigenvalue weighted by molar-refractivity contribution is 7.94. The summed E-state index contributed by atoms with van der Waals surface area (Å²) >= 11 is 5.99. The lowest BCUT2D eigenvalue weighted by Crippen LogP contribution is -2.22. The standard InChI is InChI=1S/C16H18ClNO6S/c1-10-5-13(14(23-2)7-12(10)17)18-15(19)8-24-16(20)6-11-3-4-25(21,22)9-11/h3-5,7,11H,6,8-9H2,1-2H3,(H,18,19). The van der Waals surface area contributed by atoms with Gasteiger partial charge in [-0.25, -0.2) is 8.42 Å². The fourth-order valence-corrected chi connectivity index (χ4v) is 3.85. The maximum Gasteiger partial charge on any atom is 0.306 e. The van der Waals surface area contributed by atoms with Crippen molar-refractivity contribution in [3.63, 3.8) is 0 Å². The molecule has 1 atom stereocenters. The molecule has 1 heterocycles. The van der Waals surface area contributed by atoms with Gasteiger partial charge in [0.25, 0.3) is 5.91 Å². The molecule has 0 radical (unpaired) electrons. The van der Waals surface area contributed by atoms with Crippen LogP contribution in [0.2, 0.25) is 5.02 Å². The number of amides is 1. The summed E-state index contributed by atoms with van der Waals surface area (Å²) in [4.78, 5) is 23.7. The Morgan fingerprint density at radius 3 is 2.68 bits per heavy atom. The average Bonchev–Trinajstić information content (AvgIpc) is 2.87. The van der Waals surface area contributed by atoms with Gasteiger partial charge in [0, 0.05) is 22.4 Å². The summed E-state index contributed by atoms with van der Waals surface area (Å²) in [5.74, 6) is -1.32. The van der Waals surface area contributed by atoms with E-state index < -0.39 is 34.2 Å². The van der Waals surface area contributed by atoms with Gasteiger partial charge in [-0.15, -0.1) is 0 Å². The molecule has 2 rings (SSSR count). The van der Waals surface area contributed by atoms with Crippen molar-refractivity contribution in [2.24, 2.45) is 5.92 Å². The first-order valence-electron chi connectivity index (χ1n) is 7.41. The monoisotopic (exact) mass is 387 g/mol. The van der Waals surface area contributed by atoms with Gasteiger partial charge in [-0.3, -0.25) is 9.59 Å². The number of anilines is 1. The smallest absolute Gasteiger partial charge is 0.306 e. The first-order valence-corrected chi connectivity index (χ1v) is 9.50. The van der Waals surface area contributed by atoms with Gasteiger partial charge in [-0.2, -0.15) is 0 Å². The Balaban J connectivity index is 1.86. The number of ether oxygens (including phenoxy) is 2. The molecule has 0 saturated heterocycles. The van der Waals surface area contributed by atoms with Crippen LogP contribution in [-0.4, -0.2) is 39.8 Å². The first kappa shape index (κ1) is 19.3. The van der Waals surface area contributed by atoms with Crippen LogP contribution in [0.15, 0.2) is 23.6 Å². The second-order valence-corrected chi connectivity index (χ2v) is 7.97. The highest BCUT2D eigenvalue weighted by Crippen LogP contribution is 2.30. The maximum atomic E-state index is 11.9. The maximum absolute atomic E-state index is 11.9. The van der Waals surface area contributed by atoms with E-state index in [-0.39, 0.29) is 12.2 Å². The second kappa shape index (κ2) is 7.88. The Morgan fingerprint density at radius 2 is 2.08 bits per heavy atom. The summed E-state index contributed by atoms with van der Waals surface area (Å²) in [6.07, 6.45) is 1.37. The van der Waals surface area contributed by atoms with Gasteiger partial charge in [-0.05, 0) is 18.6 Å². The number of hydrogen-bond acceptors (Lipinski definition) is 6. The van der Waals surface area contributed by atoms with Crippen LogP contribution in [0.25, 0.3) is 0 Å². The Labute approximate surface area is 150 Å². The number of nitrogens with one attached hydrogen (secondary N) is 1. The fourth-order valence-electron chi connectivity index (χ4n) is 2.30. The van der Waals surface area contributed by atoms with E-state index in [9.17, 15) is 18.0 Å². The minimum Gasteiger partial charge on any atom is -0.495 e. The molecule has 1 aromatic rings. The fraction of sp³-hybridized carbons (Fsp3) is 0.375. The number of methoxy groups -OCH3 is 1. The van der Waals surface area contributed by atoms with E-state index in [1.807, 2.05) is 0 Å². The highest BCUT2D eigenvalue weighted by Gasteiger charge is 2.24. The molecule has 1 amide bonds. The zero-order valence-electron chi connectivity index (χ0n) is 13.7. The average molecular weight is 388 g/mol. The summed E-state index contributed by atoms with van der Waals surface area (Å²) < 4.78 is 32.6. The predicted molar refractivity (Wildman–Crippen MR) is 93.4 cm³/mol. The number of benzene rings is 1. The first-order chi connectivity index (χ1) is 11.7. The molecule has 7 nitrogen and oxygen atoms in total. The lowest BCUT2D eigenvalue weighted by molar-refractivity contribution is -0.147. The quantitative estimate of drug-likeness (QED) is 0.750. The largest absolute Gasteiger partial charge is 0.495 e. The Kier molecular flexibility index (Phi) is 6.07. The van der Waals surface area contributed by atoms with Gasteiger partial charge in [0.05, 0.1) is 25.0 Å². The Hall–Kier alpha value is -2.06. The summed E-state index contributed by atoms with van der Waals surface area (Å²) in [7, 11) is -1.78. The van der Waals surface area contributed by atoms with E-state index in [1.165, 1.54) is 13.2 Å². The van der Waals surface area contributed by atoms with Gasteiger partial charge >= 0.3 is 5.97 Å². The molecule has 0 spiro atoms. The van der Waals surface area contributed by atoms with Crippen LogP contribution in [0, 0.1) is 12.8 Å². The number of aryl methyl sites for hydroxylation is 1. The van der Waals surface area contributed by atoms with Crippen molar-refractivity contribution in [2.45, 2.75) is 13.3 Å². The molecule has 1 aliphatic heterocycles. The molecule has 0 fully saturated rings.